The Morgan fingerprint density at radius 3 is 2.22 bits per heavy atom. The van der Waals surface area contributed by atoms with E-state index < -0.39 is 0 Å². The molecule has 0 heterocycles. The fourth-order valence-corrected chi connectivity index (χ4v) is 6.90. The third-order valence-corrected chi connectivity index (χ3v) is 8.11. The molecule has 5 fully saturated rings. The Hall–Kier alpha value is -1.26. The Kier molecular flexibility index (Phi) is 5.39. The third-order valence-electron chi connectivity index (χ3n) is 8.11. The quantitative estimate of drug-likeness (QED) is 0.687. The van der Waals surface area contributed by atoms with Gasteiger partial charge in [0.1, 0.15) is 0 Å². The average molecular weight is 376 g/mol. The first-order chi connectivity index (χ1) is 12.9. The molecule has 5 rings (SSSR count). The van der Waals surface area contributed by atoms with Crippen LogP contribution >= 0.6 is 0 Å². The van der Waals surface area contributed by atoms with E-state index in [0.717, 1.165) is 43.4 Å². The fraction of sp³-hybridized carbons (Fsp3) is 0.909. The smallest absolute Gasteiger partial charge is 0.315 e. The maximum absolute atomic E-state index is 12.4. The third kappa shape index (κ3) is 4.27. The molecule has 5 aliphatic carbocycles. The van der Waals surface area contributed by atoms with Crippen LogP contribution in [0.15, 0.2) is 0 Å². The molecule has 0 radical (unpaired) electrons. The van der Waals surface area contributed by atoms with E-state index in [-0.39, 0.29) is 17.5 Å². The van der Waals surface area contributed by atoms with Gasteiger partial charge in [-0.25, -0.2) is 4.79 Å². The van der Waals surface area contributed by atoms with Crippen molar-refractivity contribution in [2.45, 2.75) is 89.6 Å². The van der Waals surface area contributed by atoms with Gasteiger partial charge in [0.15, 0.2) is 0 Å². The van der Waals surface area contributed by atoms with Crippen LogP contribution in [0.3, 0.4) is 0 Å². The van der Waals surface area contributed by atoms with Crippen LogP contribution in [-0.4, -0.2) is 30.1 Å². The molecule has 0 aromatic carbocycles. The molecule has 3 unspecified atom stereocenters. The maximum Gasteiger partial charge on any atom is 0.315 e. The van der Waals surface area contributed by atoms with Crippen LogP contribution in [0.4, 0.5) is 4.79 Å². The van der Waals surface area contributed by atoms with Crippen molar-refractivity contribution in [2.75, 3.05) is 6.54 Å². The van der Waals surface area contributed by atoms with E-state index in [2.05, 4.69) is 29.8 Å². The van der Waals surface area contributed by atoms with Crippen molar-refractivity contribution in [3.8, 4) is 0 Å². The summed E-state index contributed by atoms with van der Waals surface area (Å²) < 4.78 is 0. The average Bonchev–Trinajstić information content (AvgIpc) is 2.57. The van der Waals surface area contributed by atoms with Gasteiger partial charge >= 0.3 is 6.03 Å². The zero-order valence-electron chi connectivity index (χ0n) is 17.1. The Morgan fingerprint density at radius 2 is 1.59 bits per heavy atom. The summed E-state index contributed by atoms with van der Waals surface area (Å²) in [4.78, 5) is 24.7. The molecule has 3 amide bonds. The van der Waals surface area contributed by atoms with Gasteiger partial charge < -0.3 is 16.0 Å². The monoisotopic (exact) mass is 375 g/mol. The molecular weight excluding hydrogens is 338 g/mol. The number of carbonyl (C=O) groups excluding carboxylic acids is 2. The van der Waals surface area contributed by atoms with E-state index in [4.69, 9.17) is 0 Å². The molecule has 27 heavy (non-hydrogen) atoms. The fourth-order valence-electron chi connectivity index (χ4n) is 6.90. The van der Waals surface area contributed by atoms with Crippen molar-refractivity contribution in [1.29, 1.82) is 0 Å². The van der Waals surface area contributed by atoms with Crippen LogP contribution in [-0.2, 0) is 4.79 Å². The topological polar surface area (TPSA) is 70.2 Å². The largest absolute Gasteiger partial charge is 0.353 e. The highest BCUT2D eigenvalue weighted by Gasteiger charge is 2.51. The molecule has 0 aromatic rings. The summed E-state index contributed by atoms with van der Waals surface area (Å²) >= 11 is 0. The first kappa shape index (κ1) is 19.1. The minimum Gasteiger partial charge on any atom is -0.353 e. The number of rotatable bonds is 5. The molecule has 5 saturated carbocycles. The summed E-state index contributed by atoms with van der Waals surface area (Å²) in [5.41, 5.74) is 0.0365. The molecule has 5 heteroatoms. The van der Waals surface area contributed by atoms with E-state index in [0.29, 0.717) is 30.8 Å². The van der Waals surface area contributed by atoms with Gasteiger partial charge in [0.25, 0.3) is 0 Å². The van der Waals surface area contributed by atoms with Gasteiger partial charge in [0.05, 0.1) is 0 Å². The highest BCUT2D eigenvalue weighted by Crippen LogP contribution is 2.55. The van der Waals surface area contributed by atoms with E-state index in [1.807, 2.05) is 0 Å². The predicted molar refractivity (Wildman–Crippen MR) is 106 cm³/mol. The highest BCUT2D eigenvalue weighted by molar-refractivity contribution is 5.78. The normalized spacial score (nSPS) is 42.6. The van der Waals surface area contributed by atoms with Gasteiger partial charge in [0, 0.05) is 24.5 Å². The van der Waals surface area contributed by atoms with Crippen molar-refractivity contribution in [2.24, 2.45) is 29.6 Å². The second kappa shape index (κ2) is 7.63. The minimum atomic E-state index is -0.0793. The van der Waals surface area contributed by atoms with E-state index >= 15 is 0 Å². The molecule has 4 bridgehead atoms. The number of amides is 3. The lowest BCUT2D eigenvalue weighted by Crippen LogP contribution is -2.61. The van der Waals surface area contributed by atoms with Crippen molar-refractivity contribution in [3.63, 3.8) is 0 Å². The summed E-state index contributed by atoms with van der Waals surface area (Å²) in [6.07, 6.45) is 11.5. The predicted octanol–water partition coefficient (Wildman–Crippen LogP) is 3.59. The number of hydrogen-bond donors (Lipinski definition) is 3. The molecule has 152 valence electrons. The van der Waals surface area contributed by atoms with Crippen molar-refractivity contribution in [3.05, 3.63) is 0 Å². The SMILES string of the molecule is CC1CCCC(NC(=O)CCNC(=O)NC23CC4CC(CC(C4)C2)C3)C1C. The molecule has 0 aromatic heterocycles. The van der Waals surface area contributed by atoms with E-state index in [1.54, 1.807) is 0 Å². The van der Waals surface area contributed by atoms with E-state index in [1.165, 1.54) is 32.1 Å². The first-order valence-electron chi connectivity index (χ1n) is 11.3. The summed E-state index contributed by atoms with van der Waals surface area (Å²) in [6, 6.07) is 0.214. The molecule has 3 atom stereocenters. The minimum absolute atomic E-state index is 0.0365. The van der Waals surface area contributed by atoms with Crippen LogP contribution < -0.4 is 16.0 Å². The standard InChI is InChI=1S/C22H37N3O2/c1-14-4-3-5-19(15(14)2)24-20(26)6-7-23-21(27)25-22-11-16-8-17(12-22)10-18(9-16)13-22/h14-19H,3-13H2,1-2H3,(H,24,26)(H2,23,25,27). The second-order valence-corrected chi connectivity index (χ2v) is 10.3. The lowest BCUT2D eigenvalue weighted by atomic mass is 9.53. The van der Waals surface area contributed by atoms with Crippen molar-refractivity contribution in [1.82, 2.24) is 16.0 Å². The van der Waals surface area contributed by atoms with Crippen LogP contribution in [0, 0.1) is 29.6 Å². The Morgan fingerprint density at radius 1 is 0.963 bits per heavy atom. The molecule has 0 aliphatic heterocycles. The molecule has 3 N–H and O–H groups in total. The van der Waals surface area contributed by atoms with Gasteiger partial charge in [-0.05, 0) is 74.5 Å². The second-order valence-electron chi connectivity index (χ2n) is 10.3. The number of hydrogen-bond acceptors (Lipinski definition) is 2. The number of urea groups is 1. The van der Waals surface area contributed by atoms with Crippen LogP contribution in [0.2, 0.25) is 0 Å². The first-order valence-corrected chi connectivity index (χ1v) is 11.3. The maximum atomic E-state index is 12.4. The van der Waals surface area contributed by atoms with Gasteiger partial charge in [-0.15, -0.1) is 0 Å². The summed E-state index contributed by atoms with van der Waals surface area (Å²) in [7, 11) is 0. The lowest BCUT2D eigenvalue weighted by Gasteiger charge is -2.56. The summed E-state index contributed by atoms with van der Waals surface area (Å²) in [5, 5.41) is 9.43. The highest BCUT2D eigenvalue weighted by atomic mass is 16.2. The van der Waals surface area contributed by atoms with Crippen LogP contribution in [0.25, 0.3) is 0 Å². The van der Waals surface area contributed by atoms with E-state index in [9.17, 15) is 9.59 Å². The van der Waals surface area contributed by atoms with Crippen LogP contribution in [0.1, 0.15) is 78.1 Å². The zero-order chi connectivity index (χ0) is 19.0. The van der Waals surface area contributed by atoms with Crippen LogP contribution in [0.5, 0.6) is 0 Å². The Labute approximate surface area is 163 Å². The number of nitrogens with one attached hydrogen (secondary N) is 3. The molecular formula is C22H37N3O2. The molecule has 0 spiro atoms. The van der Waals surface area contributed by atoms with Crippen molar-refractivity contribution >= 4 is 11.9 Å². The van der Waals surface area contributed by atoms with Crippen molar-refractivity contribution < 1.29 is 9.59 Å². The number of carbonyl (C=O) groups is 2. The summed E-state index contributed by atoms with van der Waals surface area (Å²) in [6.45, 7) is 4.94. The Bertz CT molecular complexity index is 541. The zero-order valence-corrected chi connectivity index (χ0v) is 17.1. The lowest BCUT2D eigenvalue weighted by molar-refractivity contribution is -0.122. The summed E-state index contributed by atoms with van der Waals surface area (Å²) in [5.74, 6) is 3.74. The van der Waals surface area contributed by atoms with Gasteiger partial charge in [-0.3, -0.25) is 4.79 Å². The van der Waals surface area contributed by atoms with Gasteiger partial charge in [0.2, 0.25) is 5.91 Å². The Balaban J connectivity index is 1.18. The van der Waals surface area contributed by atoms with Gasteiger partial charge in [-0.2, -0.15) is 0 Å². The molecule has 5 aliphatic rings. The molecule has 0 saturated heterocycles. The molecule has 5 nitrogen and oxygen atoms in total. The van der Waals surface area contributed by atoms with Gasteiger partial charge in [-0.1, -0.05) is 26.7 Å².